The van der Waals surface area contributed by atoms with E-state index < -0.39 is 10.0 Å². The number of benzene rings is 2. The number of hydrogen-bond acceptors (Lipinski definition) is 5. The standard InChI is InChI=1S/C21H27ClN4O3S/c1-24(2)30(28,29)20-6-4-3-5-17(20)15-23-21(27)16-25-11-13-26(14-12-25)19-9-7-18(22)8-10-19/h3-10H,11-16H2,1-2H3,(H,23,27). The number of halogens is 1. The highest BCUT2D eigenvalue weighted by Gasteiger charge is 2.22. The number of carbonyl (C=O) groups is 1. The Balaban J connectivity index is 1.51. The number of nitrogens with zero attached hydrogens (tertiary/aromatic N) is 3. The van der Waals surface area contributed by atoms with Crippen molar-refractivity contribution in [2.75, 3.05) is 51.7 Å². The molecule has 0 saturated carbocycles. The highest BCUT2D eigenvalue weighted by molar-refractivity contribution is 7.89. The van der Waals surface area contributed by atoms with Gasteiger partial charge in [0.05, 0.1) is 11.4 Å². The maximum atomic E-state index is 12.5. The molecule has 2 aromatic rings. The lowest BCUT2D eigenvalue weighted by atomic mass is 10.2. The molecular weight excluding hydrogens is 424 g/mol. The zero-order chi connectivity index (χ0) is 21.7. The van der Waals surface area contributed by atoms with Gasteiger partial charge >= 0.3 is 0 Å². The Morgan fingerprint density at radius 2 is 1.67 bits per heavy atom. The van der Waals surface area contributed by atoms with Gasteiger partial charge in [-0.05, 0) is 35.9 Å². The minimum atomic E-state index is -3.56. The smallest absolute Gasteiger partial charge is 0.242 e. The van der Waals surface area contributed by atoms with Crippen LogP contribution in [0.1, 0.15) is 5.56 Å². The van der Waals surface area contributed by atoms with E-state index in [0.717, 1.165) is 31.9 Å². The van der Waals surface area contributed by atoms with Crippen LogP contribution in [0.2, 0.25) is 5.02 Å². The van der Waals surface area contributed by atoms with Crippen molar-refractivity contribution in [1.29, 1.82) is 0 Å². The van der Waals surface area contributed by atoms with Crippen LogP contribution in [0.4, 0.5) is 5.69 Å². The van der Waals surface area contributed by atoms with Gasteiger partial charge in [0, 0.05) is 57.5 Å². The van der Waals surface area contributed by atoms with Crippen LogP contribution in [0.25, 0.3) is 0 Å². The summed E-state index contributed by atoms with van der Waals surface area (Å²) in [5.74, 6) is -0.119. The molecule has 162 valence electrons. The van der Waals surface area contributed by atoms with Gasteiger partial charge < -0.3 is 10.2 Å². The van der Waals surface area contributed by atoms with Crippen molar-refractivity contribution < 1.29 is 13.2 Å². The Bertz CT molecular complexity index is 972. The summed E-state index contributed by atoms with van der Waals surface area (Å²) in [7, 11) is -0.571. The summed E-state index contributed by atoms with van der Waals surface area (Å²) in [4.78, 5) is 17.0. The molecule has 0 aliphatic carbocycles. The van der Waals surface area contributed by atoms with Gasteiger partial charge in [-0.1, -0.05) is 29.8 Å². The maximum absolute atomic E-state index is 12.5. The average Bonchev–Trinajstić information content (AvgIpc) is 2.73. The zero-order valence-corrected chi connectivity index (χ0v) is 18.8. The van der Waals surface area contributed by atoms with E-state index in [1.807, 2.05) is 24.3 Å². The lowest BCUT2D eigenvalue weighted by molar-refractivity contribution is -0.122. The molecule has 1 heterocycles. The van der Waals surface area contributed by atoms with Gasteiger partial charge in [-0.25, -0.2) is 12.7 Å². The van der Waals surface area contributed by atoms with Crippen molar-refractivity contribution in [2.24, 2.45) is 0 Å². The summed E-state index contributed by atoms with van der Waals surface area (Å²) in [6.45, 7) is 3.69. The second kappa shape index (κ2) is 9.78. The second-order valence-electron chi connectivity index (χ2n) is 7.41. The van der Waals surface area contributed by atoms with E-state index in [1.165, 1.54) is 18.4 Å². The van der Waals surface area contributed by atoms with Crippen LogP contribution >= 0.6 is 11.6 Å². The fraction of sp³-hybridized carbons (Fsp3) is 0.381. The van der Waals surface area contributed by atoms with Gasteiger partial charge in [-0.2, -0.15) is 0 Å². The second-order valence-corrected chi connectivity index (χ2v) is 9.97. The van der Waals surface area contributed by atoms with E-state index in [0.29, 0.717) is 10.6 Å². The molecule has 0 aromatic heterocycles. The highest BCUT2D eigenvalue weighted by Crippen LogP contribution is 2.20. The SMILES string of the molecule is CN(C)S(=O)(=O)c1ccccc1CNC(=O)CN1CCN(c2ccc(Cl)cc2)CC1. The quantitative estimate of drug-likeness (QED) is 0.698. The molecule has 0 bridgehead atoms. The molecule has 1 N–H and O–H groups in total. The molecule has 2 aromatic carbocycles. The van der Waals surface area contributed by atoms with Gasteiger partial charge in [0.1, 0.15) is 0 Å². The van der Waals surface area contributed by atoms with E-state index in [9.17, 15) is 13.2 Å². The molecular formula is C21H27ClN4O3S. The largest absolute Gasteiger partial charge is 0.369 e. The fourth-order valence-electron chi connectivity index (χ4n) is 3.37. The number of sulfonamides is 1. The molecule has 0 radical (unpaired) electrons. The third-order valence-corrected chi connectivity index (χ3v) is 7.31. The number of piperazine rings is 1. The van der Waals surface area contributed by atoms with Crippen molar-refractivity contribution >= 4 is 33.2 Å². The van der Waals surface area contributed by atoms with Gasteiger partial charge in [0.15, 0.2) is 0 Å². The molecule has 0 unspecified atom stereocenters. The lowest BCUT2D eigenvalue weighted by Gasteiger charge is -2.35. The summed E-state index contributed by atoms with van der Waals surface area (Å²) in [5, 5.41) is 3.57. The molecule has 30 heavy (non-hydrogen) atoms. The van der Waals surface area contributed by atoms with Gasteiger partial charge in [-0.3, -0.25) is 9.69 Å². The van der Waals surface area contributed by atoms with E-state index >= 15 is 0 Å². The van der Waals surface area contributed by atoms with Crippen molar-refractivity contribution in [3.05, 3.63) is 59.1 Å². The molecule has 1 amide bonds. The van der Waals surface area contributed by atoms with Gasteiger partial charge in [0.25, 0.3) is 0 Å². The van der Waals surface area contributed by atoms with Crippen LogP contribution in [0, 0.1) is 0 Å². The molecule has 1 saturated heterocycles. The number of hydrogen-bond donors (Lipinski definition) is 1. The lowest BCUT2D eigenvalue weighted by Crippen LogP contribution is -2.49. The minimum absolute atomic E-state index is 0.119. The van der Waals surface area contributed by atoms with Crippen LogP contribution in [-0.2, 0) is 21.4 Å². The minimum Gasteiger partial charge on any atom is -0.369 e. The van der Waals surface area contributed by atoms with Gasteiger partial charge in [0.2, 0.25) is 15.9 Å². The topological polar surface area (TPSA) is 73.0 Å². The summed E-state index contributed by atoms with van der Waals surface area (Å²) >= 11 is 5.95. The molecule has 0 spiro atoms. The first kappa shape index (κ1) is 22.6. The van der Waals surface area contributed by atoms with E-state index in [2.05, 4.69) is 15.1 Å². The number of carbonyl (C=O) groups excluding carboxylic acids is 1. The van der Waals surface area contributed by atoms with Crippen LogP contribution in [0.3, 0.4) is 0 Å². The molecule has 0 atom stereocenters. The maximum Gasteiger partial charge on any atom is 0.242 e. The zero-order valence-electron chi connectivity index (χ0n) is 17.2. The molecule has 1 aliphatic rings. The molecule has 3 rings (SSSR count). The average molecular weight is 451 g/mol. The summed E-state index contributed by atoms with van der Waals surface area (Å²) < 4.78 is 26.1. The van der Waals surface area contributed by atoms with Crippen LogP contribution in [0.5, 0.6) is 0 Å². The third-order valence-electron chi connectivity index (χ3n) is 5.14. The van der Waals surface area contributed by atoms with Crippen molar-refractivity contribution in [2.45, 2.75) is 11.4 Å². The first-order valence-electron chi connectivity index (χ1n) is 9.77. The number of amides is 1. The summed E-state index contributed by atoms with van der Waals surface area (Å²) in [5.41, 5.74) is 1.70. The van der Waals surface area contributed by atoms with Crippen LogP contribution in [0.15, 0.2) is 53.4 Å². The van der Waals surface area contributed by atoms with Crippen LogP contribution < -0.4 is 10.2 Å². The van der Waals surface area contributed by atoms with E-state index in [4.69, 9.17) is 11.6 Å². The van der Waals surface area contributed by atoms with Gasteiger partial charge in [-0.15, -0.1) is 0 Å². The molecule has 7 nitrogen and oxygen atoms in total. The normalized spacial score (nSPS) is 15.4. The van der Waals surface area contributed by atoms with Crippen molar-refractivity contribution in [1.82, 2.24) is 14.5 Å². The Morgan fingerprint density at radius 3 is 2.30 bits per heavy atom. The summed E-state index contributed by atoms with van der Waals surface area (Å²) in [6.07, 6.45) is 0. The van der Waals surface area contributed by atoms with Crippen molar-refractivity contribution in [3.63, 3.8) is 0 Å². The highest BCUT2D eigenvalue weighted by atomic mass is 35.5. The Morgan fingerprint density at radius 1 is 1.03 bits per heavy atom. The Labute approximate surface area is 183 Å². The Hall–Kier alpha value is -2.13. The predicted molar refractivity (Wildman–Crippen MR) is 119 cm³/mol. The number of anilines is 1. The fourth-order valence-corrected chi connectivity index (χ4v) is 4.61. The molecule has 1 fully saturated rings. The van der Waals surface area contributed by atoms with Crippen molar-refractivity contribution in [3.8, 4) is 0 Å². The number of nitrogens with one attached hydrogen (secondary N) is 1. The monoisotopic (exact) mass is 450 g/mol. The molecule has 1 aliphatic heterocycles. The van der Waals surface area contributed by atoms with E-state index in [-0.39, 0.29) is 23.9 Å². The first-order chi connectivity index (χ1) is 14.3. The Kier molecular flexibility index (Phi) is 7.36. The third kappa shape index (κ3) is 5.51. The first-order valence-corrected chi connectivity index (χ1v) is 11.6. The number of rotatable bonds is 7. The summed E-state index contributed by atoms with van der Waals surface area (Å²) in [6, 6.07) is 14.5. The van der Waals surface area contributed by atoms with Crippen LogP contribution in [-0.4, -0.2) is 70.3 Å². The van der Waals surface area contributed by atoms with E-state index in [1.54, 1.807) is 24.3 Å². The predicted octanol–water partition coefficient (Wildman–Crippen LogP) is 2.03. The molecule has 9 heteroatoms.